The molecule has 2 saturated carbocycles. The van der Waals surface area contributed by atoms with Crippen molar-refractivity contribution in [3.63, 3.8) is 0 Å². The fourth-order valence-electron chi connectivity index (χ4n) is 2.40. The quantitative estimate of drug-likeness (QED) is 0.550. The van der Waals surface area contributed by atoms with E-state index >= 15 is 0 Å². The predicted octanol–water partition coefficient (Wildman–Crippen LogP) is 1.65. The van der Waals surface area contributed by atoms with E-state index in [0.29, 0.717) is 5.92 Å². The van der Waals surface area contributed by atoms with Crippen LogP contribution in [0.2, 0.25) is 0 Å². The van der Waals surface area contributed by atoms with Gasteiger partial charge in [0.25, 0.3) is 0 Å². The number of carboxylic acids is 1. The van der Waals surface area contributed by atoms with Crippen LogP contribution >= 0.6 is 0 Å². The summed E-state index contributed by atoms with van der Waals surface area (Å²) in [4.78, 5) is 15.2. The Morgan fingerprint density at radius 2 is 2.43 bits per heavy atom. The van der Waals surface area contributed by atoms with Gasteiger partial charge in [0.2, 0.25) is 0 Å². The molecule has 2 aliphatic rings. The van der Waals surface area contributed by atoms with Crippen LogP contribution in [0.3, 0.4) is 0 Å². The van der Waals surface area contributed by atoms with Crippen molar-refractivity contribution in [1.29, 1.82) is 0 Å². The lowest BCUT2D eigenvalue weighted by molar-refractivity contribution is -0.138. The molecule has 2 fully saturated rings. The molecule has 0 aliphatic heterocycles. The van der Waals surface area contributed by atoms with Crippen molar-refractivity contribution in [2.45, 2.75) is 32.1 Å². The summed E-state index contributed by atoms with van der Waals surface area (Å²) in [6.45, 7) is 0.191. The van der Waals surface area contributed by atoms with Gasteiger partial charge in [-0.15, -0.1) is 0 Å². The van der Waals surface area contributed by atoms with Gasteiger partial charge in [-0.3, -0.25) is 4.79 Å². The zero-order valence-electron chi connectivity index (χ0n) is 8.11. The number of aliphatic carboxylic acids is 1. The summed E-state index contributed by atoms with van der Waals surface area (Å²) in [5, 5.41) is 12.4. The van der Waals surface area contributed by atoms with Crippen molar-refractivity contribution >= 4 is 11.7 Å². The van der Waals surface area contributed by atoms with E-state index in [-0.39, 0.29) is 13.0 Å². The number of rotatable bonds is 4. The second kappa shape index (κ2) is 3.98. The molecule has 0 spiro atoms. The average molecular weight is 197 g/mol. The Kier molecular flexibility index (Phi) is 2.70. The first kappa shape index (κ1) is 9.49. The van der Waals surface area contributed by atoms with Crippen LogP contribution in [0.1, 0.15) is 32.1 Å². The Morgan fingerprint density at radius 3 is 3.00 bits per heavy atom. The van der Waals surface area contributed by atoms with Crippen LogP contribution in [0.25, 0.3) is 0 Å². The van der Waals surface area contributed by atoms with Gasteiger partial charge >= 0.3 is 5.97 Å². The summed E-state index contributed by atoms with van der Waals surface area (Å²) in [6, 6.07) is 0. The Bertz CT molecular complexity index is 262. The minimum atomic E-state index is -0.835. The normalized spacial score (nSPS) is 32.4. The zero-order chi connectivity index (χ0) is 9.97. The minimum Gasteiger partial charge on any atom is -0.481 e. The lowest BCUT2D eigenvalue weighted by Crippen LogP contribution is -2.10. The van der Waals surface area contributed by atoms with Gasteiger partial charge in [-0.1, -0.05) is 5.16 Å². The molecule has 0 saturated heterocycles. The molecule has 14 heavy (non-hydrogen) atoms. The smallest absolute Gasteiger partial charge is 0.306 e. The first-order chi connectivity index (χ1) is 6.75. The van der Waals surface area contributed by atoms with Gasteiger partial charge in [-0.05, 0) is 31.6 Å². The number of carbonyl (C=O) groups is 1. The molecule has 0 aromatic carbocycles. The summed E-state index contributed by atoms with van der Waals surface area (Å²) >= 11 is 0. The van der Waals surface area contributed by atoms with Crippen LogP contribution in [-0.4, -0.2) is 23.4 Å². The molecule has 0 aromatic rings. The van der Waals surface area contributed by atoms with Gasteiger partial charge in [-0.2, -0.15) is 0 Å². The number of hydrogen-bond donors (Lipinski definition) is 1. The molecule has 2 bridgehead atoms. The molecule has 0 amide bonds. The summed E-state index contributed by atoms with van der Waals surface area (Å²) in [5.74, 6) is 0.616. The van der Waals surface area contributed by atoms with Crippen LogP contribution in [-0.2, 0) is 9.63 Å². The van der Waals surface area contributed by atoms with Crippen LogP contribution in [0.15, 0.2) is 5.16 Å². The minimum absolute atomic E-state index is 0.0326. The lowest BCUT2D eigenvalue weighted by atomic mass is 9.99. The van der Waals surface area contributed by atoms with Crippen LogP contribution < -0.4 is 0 Å². The number of fused-ring (bicyclic) bond motifs is 2. The van der Waals surface area contributed by atoms with E-state index in [2.05, 4.69) is 5.16 Å². The fourth-order valence-corrected chi connectivity index (χ4v) is 2.40. The third-order valence-electron chi connectivity index (χ3n) is 3.10. The molecule has 4 nitrogen and oxygen atoms in total. The molecule has 4 heteroatoms. The fraction of sp³-hybridized carbons (Fsp3) is 0.800. The molecule has 2 atom stereocenters. The van der Waals surface area contributed by atoms with Gasteiger partial charge in [0.05, 0.1) is 12.1 Å². The number of nitrogens with zero attached hydrogens (tertiary/aromatic N) is 1. The highest BCUT2D eigenvalue weighted by atomic mass is 16.6. The maximum atomic E-state index is 10.2. The van der Waals surface area contributed by atoms with E-state index in [0.717, 1.165) is 18.1 Å². The van der Waals surface area contributed by atoms with Gasteiger partial charge in [0.15, 0.2) is 0 Å². The average Bonchev–Trinajstić information content (AvgIpc) is 2.73. The Hall–Kier alpha value is -1.06. The monoisotopic (exact) mass is 197 g/mol. The molecule has 0 radical (unpaired) electrons. The summed E-state index contributed by atoms with van der Waals surface area (Å²) in [7, 11) is 0. The predicted molar refractivity (Wildman–Crippen MR) is 51.1 cm³/mol. The van der Waals surface area contributed by atoms with Crippen molar-refractivity contribution in [2.75, 3.05) is 6.61 Å². The third kappa shape index (κ3) is 2.05. The molecule has 1 N–H and O–H groups in total. The number of hydrogen-bond acceptors (Lipinski definition) is 3. The largest absolute Gasteiger partial charge is 0.481 e. The highest BCUT2D eigenvalue weighted by Gasteiger charge is 2.37. The molecule has 2 rings (SSSR count). The third-order valence-corrected chi connectivity index (χ3v) is 3.10. The van der Waals surface area contributed by atoms with Crippen molar-refractivity contribution < 1.29 is 14.7 Å². The highest BCUT2D eigenvalue weighted by molar-refractivity contribution is 5.89. The number of carboxylic acid groups (broad SMARTS) is 1. The summed E-state index contributed by atoms with van der Waals surface area (Å²) in [6.07, 6.45) is 4.94. The van der Waals surface area contributed by atoms with Crippen LogP contribution in [0.5, 0.6) is 0 Å². The van der Waals surface area contributed by atoms with E-state index in [1.807, 2.05) is 0 Å². The molecular weight excluding hydrogens is 182 g/mol. The van der Waals surface area contributed by atoms with Crippen LogP contribution in [0, 0.1) is 11.8 Å². The Morgan fingerprint density at radius 1 is 1.57 bits per heavy atom. The molecular formula is C10H15NO3. The lowest BCUT2D eigenvalue weighted by Gasteiger charge is -2.10. The van der Waals surface area contributed by atoms with Gasteiger partial charge in [0, 0.05) is 5.92 Å². The van der Waals surface area contributed by atoms with Crippen molar-refractivity contribution in [3.05, 3.63) is 0 Å². The van der Waals surface area contributed by atoms with E-state index in [1.165, 1.54) is 19.3 Å². The van der Waals surface area contributed by atoms with E-state index in [9.17, 15) is 4.79 Å². The van der Waals surface area contributed by atoms with Crippen LogP contribution in [0.4, 0.5) is 0 Å². The maximum absolute atomic E-state index is 10.2. The maximum Gasteiger partial charge on any atom is 0.306 e. The number of oxime groups is 1. The first-order valence-corrected chi connectivity index (χ1v) is 5.16. The molecule has 0 aromatic heterocycles. The van der Waals surface area contributed by atoms with Gasteiger partial charge in [0.1, 0.15) is 6.61 Å². The SMILES string of the molecule is O=C(O)CCO/N=C1/CC2CCC1C2. The second-order valence-electron chi connectivity index (χ2n) is 4.14. The van der Waals surface area contributed by atoms with Gasteiger partial charge in [-0.25, -0.2) is 0 Å². The summed E-state index contributed by atoms with van der Waals surface area (Å²) in [5.41, 5.74) is 1.16. The Balaban J connectivity index is 1.73. The zero-order valence-corrected chi connectivity index (χ0v) is 8.11. The van der Waals surface area contributed by atoms with E-state index in [1.54, 1.807) is 0 Å². The van der Waals surface area contributed by atoms with E-state index in [4.69, 9.17) is 9.94 Å². The molecule has 2 unspecified atom stereocenters. The molecule has 0 heterocycles. The highest BCUT2D eigenvalue weighted by Crippen LogP contribution is 2.42. The molecule has 2 aliphatic carbocycles. The Labute approximate surface area is 82.9 Å². The van der Waals surface area contributed by atoms with Crippen molar-refractivity contribution in [1.82, 2.24) is 0 Å². The summed E-state index contributed by atoms with van der Waals surface area (Å²) < 4.78 is 0. The van der Waals surface area contributed by atoms with Crippen molar-refractivity contribution in [3.8, 4) is 0 Å². The van der Waals surface area contributed by atoms with Crippen molar-refractivity contribution in [2.24, 2.45) is 17.0 Å². The second-order valence-corrected chi connectivity index (χ2v) is 4.14. The topological polar surface area (TPSA) is 58.9 Å². The standard InChI is InChI=1S/C10H15NO3/c12-10(13)3-4-14-11-9-6-7-1-2-8(9)5-7/h7-8H,1-6H2,(H,12,13)/b11-9-. The van der Waals surface area contributed by atoms with E-state index < -0.39 is 5.97 Å². The molecule has 78 valence electrons. The van der Waals surface area contributed by atoms with Gasteiger partial charge < -0.3 is 9.94 Å². The first-order valence-electron chi connectivity index (χ1n) is 5.16.